The first-order chi connectivity index (χ1) is 13.2. The molecule has 150 valence electrons. The third-order valence-electron chi connectivity index (χ3n) is 5.89. The fourth-order valence-corrected chi connectivity index (χ4v) is 4.29. The largest absolute Gasteiger partial charge is 0.398 e. The second-order valence-corrected chi connectivity index (χ2v) is 8.13. The molecule has 4 nitrogen and oxygen atoms in total. The van der Waals surface area contributed by atoms with Crippen LogP contribution in [-0.4, -0.2) is 23.9 Å². The number of halogens is 2. The molecule has 0 saturated carbocycles. The monoisotopic (exact) mass is 403 g/mol. The van der Waals surface area contributed by atoms with Crippen LogP contribution in [0.4, 0.5) is 10.1 Å². The first-order valence-electron chi connectivity index (χ1n) is 9.53. The Labute approximate surface area is 170 Å². The minimum Gasteiger partial charge on any atom is -0.398 e. The molecule has 3 rings (SSSR count). The van der Waals surface area contributed by atoms with Crippen molar-refractivity contribution in [3.63, 3.8) is 0 Å². The lowest BCUT2D eigenvalue weighted by Crippen LogP contribution is -2.52. The molecule has 2 aromatic carbocycles. The number of nitrogens with two attached hydrogens (primary N) is 1. The number of amides is 1. The Hall–Kier alpha value is -2.11. The van der Waals surface area contributed by atoms with E-state index in [0.29, 0.717) is 6.54 Å². The zero-order chi connectivity index (χ0) is 20.5. The van der Waals surface area contributed by atoms with Crippen LogP contribution in [0, 0.1) is 19.7 Å². The van der Waals surface area contributed by atoms with E-state index in [1.54, 1.807) is 12.1 Å². The van der Waals surface area contributed by atoms with E-state index in [4.69, 9.17) is 17.3 Å². The minimum atomic E-state index is -0.470. The van der Waals surface area contributed by atoms with E-state index in [1.807, 2.05) is 19.9 Å². The molecule has 2 aromatic rings. The van der Waals surface area contributed by atoms with Crippen molar-refractivity contribution >= 4 is 23.2 Å². The Morgan fingerprint density at radius 1 is 1.21 bits per heavy atom. The van der Waals surface area contributed by atoms with Crippen LogP contribution in [-0.2, 0) is 16.9 Å². The average Bonchev–Trinajstić information content (AvgIpc) is 2.66. The molecule has 1 aliphatic rings. The predicted octanol–water partition coefficient (Wildman–Crippen LogP) is 4.31. The molecule has 0 bridgehead atoms. The quantitative estimate of drug-likeness (QED) is 0.748. The summed E-state index contributed by atoms with van der Waals surface area (Å²) < 4.78 is 13.4. The van der Waals surface area contributed by atoms with Crippen LogP contribution in [0.25, 0.3) is 0 Å². The molecule has 1 fully saturated rings. The lowest BCUT2D eigenvalue weighted by Gasteiger charge is -2.43. The maximum absolute atomic E-state index is 13.4. The molecule has 6 heteroatoms. The molecular formula is C22H27ClFN3O. The topological polar surface area (TPSA) is 58.4 Å². The van der Waals surface area contributed by atoms with E-state index < -0.39 is 5.54 Å². The third-order valence-corrected chi connectivity index (χ3v) is 6.28. The standard InChI is InChI=1S/C22H27ClFN3O/c1-14-15(2)21(25)17(12-20(14)23)13-27-10-8-22(9-11-27,26-16(3)28)18-4-6-19(24)7-5-18/h4-7,12H,8-11,13,25H2,1-3H3,(H,26,28). The molecule has 28 heavy (non-hydrogen) atoms. The summed E-state index contributed by atoms with van der Waals surface area (Å²) in [5.41, 5.74) is 10.7. The van der Waals surface area contributed by atoms with E-state index in [0.717, 1.165) is 58.9 Å². The van der Waals surface area contributed by atoms with Crippen LogP contribution in [0.1, 0.15) is 42.0 Å². The number of anilines is 1. The second-order valence-electron chi connectivity index (χ2n) is 7.73. The molecule has 0 atom stereocenters. The minimum absolute atomic E-state index is 0.0806. The molecule has 1 amide bonds. The smallest absolute Gasteiger partial charge is 0.217 e. The van der Waals surface area contributed by atoms with Gasteiger partial charge in [0.1, 0.15) is 5.82 Å². The van der Waals surface area contributed by atoms with Gasteiger partial charge in [-0.05, 0) is 67.1 Å². The summed E-state index contributed by atoms with van der Waals surface area (Å²) in [6.07, 6.45) is 1.49. The molecule has 0 unspecified atom stereocenters. The number of carbonyl (C=O) groups excluding carboxylic acids is 1. The highest BCUT2D eigenvalue weighted by atomic mass is 35.5. The molecule has 1 aliphatic heterocycles. The highest BCUT2D eigenvalue weighted by Crippen LogP contribution is 2.35. The number of rotatable bonds is 4. The first kappa shape index (κ1) is 20.6. The van der Waals surface area contributed by atoms with Crippen molar-refractivity contribution in [2.75, 3.05) is 18.8 Å². The summed E-state index contributed by atoms with van der Waals surface area (Å²) in [5, 5.41) is 3.85. The fourth-order valence-electron chi connectivity index (χ4n) is 4.02. The number of benzene rings is 2. The van der Waals surface area contributed by atoms with Crippen LogP contribution in [0.5, 0.6) is 0 Å². The van der Waals surface area contributed by atoms with Gasteiger partial charge in [0.2, 0.25) is 5.91 Å². The molecule has 0 aromatic heterocycles. The summed E-state index contributed by atoms with van der Waals surface area (Å²) in [6.45, 7) is 7.79. The molecule has 1 saturated heterocycles. The third kappa shape index (κ3) is 4.15. The van der Waals surface area contributed by atoms with Crippen molar-refractivity contribution in [2.24, 2.45) is 0 Å². The van der Waals surface area contributed by atoms with Gasteiger partial charge in [-0.15, -0.1) is 0 Å². The average molecular weight is 404 g/mol. The Bertz CT molecular complexity index is 874. The van der Waals surface area contributed by atoms with Gasteiger partial charge in [0, 0.05) is 37.3 Å². The summed E-state index contributed by atoms with van der Waals surface area (Å²) >= 11 is 6.35. The molecule has 0 spiro atoms. The van der Waals surface area contributed by atoms with E-state index >= 15 is 0 Å². The SMILES string of the molecule is CC(=O)NC1(c2ccc(F)cc2)CCN(Cc2cc(Cl)c(C)c(C)c2N)CC1. The van der Waals surface area contributed by atoms with Gasteiger partial charge in [0.25, 0.3) is 0 Å². The van der Waals surface area contributed by atoms with Crippen LogP contribution >= 0.6 is 11.6 Å². The van der Waals surface area contributed by atoms with Gasteiger partial charge in [0.05, 0.1) is 5.54 Å². The maximum atomic E-state index is 13.4. The zero-order valence-corrected chi connectivity index (χ0v) is 17.4. The van der Waals surface area contributed by atoms with Crippen LogP contribution < -0.4 is 11.1 Å². The van der Waals surface area contributed by atoms with E-state index in [-0.39, 0.29) is 11.7 Å². The molecule has 0 aliphatic carbocycles. The second kappa shape index (κ2) is 8.10. The van der Waals surface area contributed by atoms with Crippen molar-refractivity contribution in [3.05, 3.63) is 63.4 Å². The summed E-state index contributed by atoms with van der Waals surface area (Å²) in [5.74, 6) is -0.357. The van der Waals surface area contributed by atoms with Gasteiger partial charge in [-0.3, -0.25) is 9.69 Å². The number of nitrogens with zero attached hydrogens (tertiary/aromatic N) is 1. The Morgan fingerprint density at radius 2 is 1.82 bits per heavy atom. The number of carbonyl (C=O) groups is 1. The highest BCUT2D eigenvalue weighted by molar-refractivity contribution is 6.31. The zero-order valence-electron chi connectivity index (χ0n) is 16.6. The van der Waals surface area contributed by atoms with E-state index in [9.17, 15) is 9.18 Å². The maximum Gasteiger partial charge on any atom is 0.217 e. The first-order valence-corrected chi connectivity index (χ1v) is 9.91. The molecule has 3 N–H and O–H groups in total. The summed E-state index contributed by atoms with van der Waals surface area (Å²) in [7, 11) is 0. The van der Waals surface area contributed by atoms with Gasteiger partial charge in [-0.25, -0.2) is 4.39 Å². The predicted molar refractivity (Wildman–Crippen MR) is 112 cm³/mol. The highest BCUT2D eigenvalue weighted by Gasteiger charge is 2.37. The van der Waals surface area contributed by atoms with Crippen molar-refractivity contribution in [1.29, 1.82) is 0 Å². The number of hydrogen-bond acceptors (Lipinski definition) is 3. The number of nitrogen functional groups attached to an aromatic ring is 1. The normalized spacial score (nSPS) is 16.8. The number of hydrogen-bond donors (Lipinski definition) is 2. The number of nitrogens with one attached hydrogen (secondary N) is 1. The lowest BCUT2D eigenvalue weighted by molar-refractivity contribution is -0.121. The van der Waals surface area contributed by atoms with Crippen molar-refractivity contribution in [2.45, 2.75) is 45.7 Å². The Balaban J connectivity index is 1.78. The van der Waals surface area contributed by atoms with E-state index in [2.05, 4.69) is 10.2 Å². The lowest BCUT2D eigenvalue weighted by atomic mass is 9.80. The number of likely N-dealkylation sites (tertiary alicyclic amines) is 1. The van der Waals surface area contributed by atoms with Gasteiger partial charge in [-0.1, -0.05) is 23.7 Å². The van der Waals surface area contributed by atoms with Crippen LogP contribution in [0.2, 0.25) is 5.02 Å². The molecular weight excluding hydrogens is 377 g/mol. The molecule has 1 heterocycles. The Kier molecular flexibility index (Phi) is 5.96. The fraction of sp³-hybridized carbons (Fsp3) is 0.409. The van der Waals surface area contributed by atoms with Crippen molar-refractivity contribution in [3.8, 4) is 0 Å². The Morgan fingerprint density at radius 3 is 2.39 bits per heavy atom. The number of piperidine rings is 1. The summed E-state index contributed by atoms with van der Waals surface area (Å²) in [6, 6.07) is 8.38. The van der Waals surface area contributed by atoms with Gasteiger partial charge in [0.15, 0.2) is 0 Å². The van der Waals surface area contributed by atoms with Gasteiger partial charge < -0.3 is 11.1 Å². The van der Waals surface area contributed by atoms with Crippen LogP contribution in [0.15, 0.2) is 30.3 Å². The van der Waals surface area contributed by atoms with E-state index in [1.165, 1.54) is 19.1 Å². The van der Waals surface area contributed by atoms with Crippen molar-refractivity contribution in [1.82, 2.24) is 10.2 Å². The summed E-state index contributed by atoms with van der Waals surface area (Å²) in [4.78, 5) is 14.2. The van der Waals surface area contributed by atoms with Gasteiger partial charge in [-0.2, -0.15) is 0 Å². The van der Waals surface area contributed by atoms with Crippen molar-refractivity contribution < 1.29 is 9.18 Å². The van der Waals surface area contributed by atoms with Crippen LogP contribution in [0.3, 0.4) is 0 Å². The van der Waals surface area contributed by atoms with Gasteiger partial charge >= 0.3 is 0 Å². The molecule has 0 radical (unpaired) electrons.